The molecule has 2 N–H and O–H groups in total. The van der Waals surface area contributed by atoms with E-state index in [1.165, 1.54) is 30.5 Å². The molecule has 34 heavy (non-hydrogen) atoms. The fourth-order valence-corrected chi connectivity index (χ4v) is 4.16. The summed E-state index contributed by atoms with van der Waals surface area (Å²) in [5.74, 6) is -1.93. The van der Waals surface area contributed by atoms with Crippen molar-refractivity contribution in [2.45, 2.75) is 24.9 Å². The van der Waals surface area contributed by atoms with E-state index in [4.69, 9.17) is 4.74 Å². The van der Waals surface area contributed by atoms with Crippen LogP contribution in [0, 0.1) is 0 Å². The van der Waals surface area contributed by atoms with E-state index in [1.807, 2.05) is 48.5 Å². The number of aliphatic carboxylic acids is 1. The van der Waals surface area contributed by atoms with Crippen LogP contribution in [-0.2, 0) is 20.9 Å². The highest BCUT2D eigenvalue weighted by atomic mass is 16.5. The second-order valence-electron chi connectivity index (χ2n) is 8.01. The smallest absolute Gasteiger partial charge is 0.407 e. The van der Waals surface area contributed by atoms with E-state index in [0.29, 0.717) is 5.69 Å². The normalized spacial score (nSPS) is 12.9. The molecule has 1 unspecified atom stereocenters. The number of rotatable bonds is 8. The minimum Gasteiger partial charge on any atom is -0.481 e. The Morgan fingerprint density at radius 3 is 2.29 bits per heavy atom. The predicted octanol–water partition coefficient (Wildman–Crippen LogP) is 2.82. The van der Waals surface area contributed by atoms with E-state index in [1.54, 1.807) is 0 Å². The summed E-state index contributed by atoms with van der Waals surface area (Å²) in [6, 6.07) is 14.6. The number of hydrogen-bond acceptors (Lipinski definition) is 6. The van der Waals surface area contributed by atoms with Crippen LogP contribution in [0.5, 0.6) is 0 Å². The number of carbonyl (C=O) groups excluding carboxylic acids is 2. The summed E-state index contributed by atoms with van der Waals surface area (Å²) in [4.78, 5) is 46.1. The number of aromatic nitrogens is 2. The summed E-state index contributed by atoms with van der Waals surface area (Å²) >= 11 is 0. The largest absolute Gasteiger partial charge is 0.481 e. The molecular weight excluding hydrogens is 436 g/mol. The maximum absolute atomic E-state index is 12.9. The molecule has 1 atom stereocenters. The first-order chi connectivity index (χ1) is 16.4. The highest BCUT2D eigenvalue weighted by Gasteiger charge is 2.31. The number of likely N-dealkylation sites (N-methyl/N-ethyl adjacent to an activating group) is 1. The number of carboxylic acids is 1. The Bertz CT molecular complexity index is 1160. The van der Waals surface area contributed by atoms with Crippen molar-refractivity contribution in [3.8, 4) is 11.1 Å². The minimum atomic E-state index is -1.28. The number of nitrogens with one attached hydrogen (secondary N) is 1. The van der Waals surface area contributed by atoms with Gasteiger partial charge in [0.1, 0.15) is 12.6 Å². The van der Waals surface area contributed by atoms with Crippen LogP contribution in [0.1, 0.15) is 29.2 Å². The first kappa shape index (κ1) is 22.9. The number of alkyl carbamates (subject to hydrolysis) is 1. The number of amides is 2. The van der Waals surface area contributed by atoms with Crippen LogP contribution >= 0.6 is 0 Å². The third kappa shape index (κ3) is 5.03. The number of carbonyl (C=O) groups is 3. The minimum absolute atomic E-state index is 0.0588. The molecule has 1 aliphatic rings. The Balaban J connectivity index is 1.42. The van der Waals surface area contributed by atoms with E-state index in [2.05, 4.69) is 15.3 Å². The molecule has 0 spiro atoms. The highest BCUT2D eigenvalue weighted by molar-refractivity contribution is 5.89. The van der Waals surface area contributed by atoms with Gasteiger partial charge in [-0.3, -0.25) is 19.6 Å². The van der Waals surface area contributed by atoms with E-state index in [-0.39, 0.29) is 19.1 Å². The lowest BCUT2D eigenvalue weighted by atomic mass is 9.98. The summed E-state index contributed by atoms with van der Waals surface area (Å²) in [7, 11) is 1.51. The van der Waals surface area contributed by atoms with E-state index >= 15 is 0 Å². The van der Waals surface area contributed by atoms with Crippen LogP contribution in [0.2, 0.25) is 0 Å². The first-order valence-corrected chi connectivity index (χ1v) is 10.8. The third-order valence-corrected chi connectivity index (χ3v) is 5.70. The summed E-state index contributed by atoms with van der Waals surface area (Å²) in [5.41, 5.74) is 4.83. The molecule has 2 aromatic carbocycles. The molecule has 9 heteroatoms. The molecule has 0 bridgehead atoms. The van der Waals surface area contributed by atoms with Gasteiger partial charge in [-0.2, -0.15) is 0 Å². The van der Waals surface area contributed by atoms with Crippen LogP contribution < -0.4 is 5.32 Å². The molecule has 174 valence electrons. The summed E-state index contributed by atoms with van der Waals surface area (Å²) in [6.45, 7) is 0.179. The Morgan fingerprint density at radius 2 is 1.71 bits per heavy atom. The third-order valence-electron chi connectivity index (χ3n) is 5.70. The number of hydrogen-bond donors (Lipinski definition) is 2. The standard InChI is InChI=1S/C25H24N4O5/c1-29(14-16-13-26-10-11-27-16)24(32)22(12-23(30)31)28-25(33)34-15-21-19-8-4-2-6-17(19)18-7-3-5-9-20(18)21/h2-11,13,21-22H,12,14-15H2,1H3,(H,28,33)(H,30,31). The molecule has 4 rings (SSSR count). The van der Waals surface area contributed by atoms with Gasteiger partial charge in [-0.15, -0.1) is 0 Å². The summed E-state index contributed by atoms with van der Waals surface area (Å²) in [6.07, 6.45) is 3.09. The van der Waals surface area contributed by atoms with Gasteiger partial charge in [0.15, 0.2) is 0 Å². The van der Waals surface area contributed by atoms with Crippen molar-refractivity contribution in [3.05, 3.63) is 83.9 Å². The number of carboxylic acid groups (broad SMARTS) is 1. The van der Waals surface area contributed by atoms with Crippen molar-refractivity contribution in [2.75, 3.05) is 13.7 Å². The summed E-state index contributed by atoms with van der Waals surface area (Å²) < 4.78 is 5.46. The molecule has 1 heterocycles. The Labute approximate surface area is 196 Å². The Hall–Kier alpha value is -4.27. The van der Waals surface area contributed by atoms with Crippen molar-refractivity contribution in [1.29, 1.82) is 0 Å². The Morgan fingerprint density at radius 1 is 1.06 bits per heavy atom. The summed E-state index contributed by atoms with van der Waals surface area (Å²) in [5, 5.41) is 11.7. The van der Waals surface area contributed by atoms with Crippen LogP contribution in [-0.4, -0.2) is 57.6 Å². The SMILES string of the molecule is CN(Cc1cnccn1)C(=O)C(CC(=O)O)NC(=O)OCC1c2ccccc2-c2ccccc21. The zero-order valence-electron chi connectivity index (χ0n) is 18.5. The quantitative estimate of drug-likeness (QED) is 0.530. The average Bonchev–Trinajstić information content (AvgIpc) is 3.16. The van der Waals surface area contributed by atoms with Crippen LogP contribution in [0.15, 0.2) is 67.1 Å². The lowest BCUT2D eigenvalue weighted by Crippen LogP contribution is -2.48. The Kier molecular flexibility index (Phi) is 6.82. The van der Waals surface area contributed by atoms with Crippen LogP contribution in [0.4, 0.5) is 4.79 Å². The zero-order chi connectivity index (χ0) is 24.1. The highest BCUT2D eigenvalue weighted by Crippen LogP contribution is 2.44. The second kappa shape index (κ2) is 10.1. The second-order valence-corrected chi connectivity index (χ2v) is 8.01. The fourth-order valence-electron chi connectivity index (χ4n) is 4.16. The molecule has 0 saturated carbocycles. The van der Waals surface area contributed by atoms with Gasteiger partial charge in [0.2, 0.25) is 5.91 Å². The lowest BCUT2D eigenvalue weighted by molar-refractivity contribution is -0.142. The molecule has 1 aromatic heterocycles. The van der Waals surface area contributed by atoms with Crippen molar-refractivity contribution < 1.29 is 24.2 Å². The van der Waals surface area contributed by atoms with Crippen molar-refractivity contribution in [2.24, 2.45) is 0 Å². The van der Waals surface area contributed by atoms with Crippen LogP contribution in [0.25, 0.3) is 11.1 Å². The molecule has 0 saturated heterocycles. The average molecular weight is 460 g/mol. The zero-order valence-corrected chi connectivity index (χ0v) is 18.5. The molecular formula is C25H24N4O5. The van der Waals surface area contributed by atoms with E-state index in [9.17, 15) is 19.5 Å². The first-order valence-electron chi connectivity index (χ1n) is 10.8. The molecule has 1 aliphatic carbocycles. The topological polar surface area (TPSA) is 122 Å². The molecule has 0 fully saturated rings. The van der Waals surface area contributed by atoms with Crippen LogP contribution in [0.3, 0.4) is 0 Å². The van der Waals surface area contributed by atoms with Gasteiger partial charge in [0.25, 0.3) is 0 Å². The van der Waals surface area contributed by atoms with E-state index < -0.39 is 30.4 Å². The fraction of sp³-hybridized carbons (Fsp3) is 0.240. The van der Waals surface area contributed by atoms with Gasteiger partial charge in [0.05, 0.1) is 24.9 Å². The maximum Gasteiger partial charge on any atom is 0.407 e. The number of nitrogens with zero attached hydrogens (tertiary/aromatic N) is 3. The van der Waals surface area contributed by atoms with Gasteiger partial charge in [-0.25, -0.2) is 4.79 Å². The van der Waals surface area contributed by atoms with Gasteiger partial charge in [-0.05, 0) is 22.3 Å². The molecule has 0 radical (unpaired) electrons. The molecule has 0 aliphatic heterocycles. The predicted molar refractivity (Wildman–Crippen MR) is 123 cm³/mol. The molecule has 2 amide bonds. The van der Waals surface area contributed by atoms with Gasteiger partial charge in [0, 0.05) is 25.4 Å². The number of ether oxygens (including phenoxy) is 1. The molecule has 3 aromatic rings. The van der Waals surface area contributed by atoms with Gasteiger partial charge < -0.3 is 20.1 Å². The van der Waals surface area contributed by atoms with Gasteiger partial charge in [-0.1, -0.05) is 48.5 Å². The molecule has 9 nitrogen and oxygen atoms in total. The monoisotopic (exact) mass is 460 g/mol. The van der Waals surface area contributed by atoms with E-state index in [0.717, 1.165) is 22.3 Å². The van der Waals surface area contributed by atoms with Crippen molar-refractivity contribution >= 4 is 18.0 Å². The number of benzene rings is 2. The maximum atomic E-state index is 12.9. The van der Waals surface area contributed by atoms with Gasteiger partial charge >= 0.3 is 12.1 Å². The number of fused-ring (bicyclic) bond motifs is 3. The lowest BCUT2D eigenvalue weighted by Gasteiger charge is -2.23. The van der Waals surface area contributed by atoms with Crippen molar-refractivity contribution in [1.82, 2.24) is 20.2 Å². The van der Waals surface area contributed by atoms with Crippen molar-refractivity contribution in [3.63, 3.8) is 0 Å².